The average Bonchev–Trinajstić information content (AvgIpc) is 3.01. The van der Waals surface area contributed by atoms with Crippen LogP contribution < -0.4 is 4.74 Å². The summed E-state index contributed by atoms with van der Waals surface area (Å²) in [7, 11) is 0. The van der Waals surface area contributed by atoms with Gasteiger partial charge in [0.2, 0.25) is 5.91 Å². The summed E-state index contributed by atoms with van der Waals surface area (Å²) >= 11 is 0. The molecule has 2 rings (SSSR count). The Morgan fingerprint density at radius 2 is 2.04 bits per heavy atom. The van der Waals surface area contributed by atoms with E-state index in [1.165, 1.54) is 31.5 Å². The van der Waals surface area contributed by atoms with E-state index in [0.29, 0.717) is 18.9 Å². The van der Waals surface area contributed by atoms with E-state index in [2.05, 4.69) is 9.97 Å². The van der Waals surface area contributed by atoms with Crippen LogP contribution in [0.3, 0.4) is 0 Å². The third-order valence-corrected chi connectivity index (χ3v) is 3.25. The number of amides is 1. The Morgan fingerprint density at radius 1 is 1.38 bits per heavy atom. The zero-order chi connectivity index (χ0) is 17.7. The van der Waals surface area contributed by atoms with E-state index in [9.17, 15) is 14.9 Å². The molecule has 2 aromatic rings. The Balaban J connectivity index is 1.94. The van der Waals surface area contributed by atoms with Crippen LogP contribution in [-0.4, -0.2) is 44.9 Å². The number of hydrogen-bond donors (Lipinski definition) is 0. The highest BCUT2D eigenvalue weighted by Crippen LogP contribution is 2.23. The Kier molecular flexibility index (Phi) is 5.46. The molecule has 0 aromatic carbocycles. The van der Waals surface area contributed by atoms with Crippen LogP contribution in [0.25, 0.3) is 11.6 Å². The lowest BCUT2D eigenvalue weighted by Crippen LogP contribution is -2.38. The number of carbonyl (C=O) groups excluding carboxylic acids is 1. The van der Waals surface area contributed by atoms with Crippen molar-refractivity contribution in [3.8, 4) is 17.3 Å². The van der Waals surface area contributed by atoms with Gasteiger partial charge in [-0.05, 0) is 19.9 Å². The van der Waals surface area contributed by atoms with Gasteiger partial charge in [-0.15, -0.1) is 0 Å². The largest absolute Gasteiger partial charge is 0.489 e. The molecule has 0 aliphatic rings. The predicted octanol–water partition coefficient (Wildman–Crippen LogP) is 2.28. The Bertz CT molecular complexity index is 711. The molecule has 0 bridgehead atoms. The number of carbonyl (C=O) groups is 1. The van der Waals surface area contributed by atoms with Gasteiger partial charge in [-0.3, -0.25) is 14.9 Å². The molecule has 9 heteroatoms. The van der Waals surface area contributed by atoms with Gasteiger partial charge < -0.3 is 14.1 Å². The maximum Gasteiger partial charge on any atom is 0.433 e. The Labute approximate surface area is 138 Å². The van der Waals surface area contributed by atoms with E-state index < -0.39 is 4.92 Å². The van der Waals surface area contributed by atoms with Gasteiger partial charge in [0, 0.05) is 13.0 Å². The second kappa shape index (κ2) is 7.53. The third-order valence-electron chi connectivity index (χ3n) is 3.25. The number of aromatic nitrogens is 2. The summed E-state index contributed by atoms with van der Waals surface area (Å²) in [5.41, 5.74) is 0. The summed E-state index contributed by atoms with van der Waals surface area (Å²) in [6.07, 6.45) is 2.90. The van der Waals surface area contributed by atoms with E-state index in [0.717, 1.165) is 0 Å². The van der Waals surface area contributed by atoms with Gasteiger partial charge in [0.15, 0.2) is 17.3 Å². The molecule has 0 spiro atoms. The molecule has 24 heavy (non-hydrogen) atoms. The molecule has 1 amide bonds. The minimum atomic E-state index is -0.628. The van der Waals surface area contributed by atoms with Gasteiger partial charge in [0.25, 0.3) is 0 Å². The third kappa shape index (κ3) is 4.28. The maximum absolute atomic E-state index is 11.5. The summed E-state index contributed by atoms with van der Waals surface area (Å²) in [5, 5.41) is 10.6. The van der Waals surface area contributed by atoms with E-state index in [4.69, 9.17) is 9.15 Å². The lowest BCUT2D eigenvalue weighted by molar-refractivity contribution is -0.401. The molecule has 0 unspecified atom stereocenters. The molecular formula is C15H18N4O5. The fourth-order valence-corrected chi connectivity index (χ4v) is 2.11. The van der Waals surface area contributed by atoms with Crippen molar-refractivity contribution >= 4 is 11.8 Å². The van der Waals surface area contributed by atoms with Crippen molar-refractivity contribution in [2.24, 2.45) is 0 Å². The standard InChI is InChI=1S/C15H18N4O5/c1-10(2)18(11(3)20)6-7-23-12-8-16-15(17-9-12)13-4-5-14(24-13)19(21)22/h4-5,8-10H,6-7H2,1-3H3. The molecule has 0 aliphatic carbocycles. The minimum absolute atomic E-state index is 0.0142. The normalized spacial score (nSPS) is 10.7. The first-order chi connectivity index (χ1) is 11.4. The zero-order valence-electron chi connectivity index (χ0n) is 13.6. The highest BCUT2D eigenvalue weighted by atomic mass is 16.6. The average molecular weight is 334 g/mol. The fraction of sp³-hybridized carbons (Fsp3) is 0.400. The molecular weight excluding hydrogens is 316 g/mol. The van der Waals surface area contributed by atoms with Crippen LogP contribution in [0, 0.1) is 10.1 Å². The van der Waals surface area contributed by atoms with E-state index in [1.807, 2.05) is 13.8 Å². The van der Waals surface area contributed by atoms with E-state index >= 15 is 0 Å². The topological polar surface area (TPSA) is 112 Å². The van der Waals surface area contributed by atoms with Crippen LogP contribution in [0.5, 0.6) is 5.75 Å². The quantitative estimate of drug-likeness (QED) is 0.564. The number of furan rings is 1. The fourth-order valence-electron chi connectivity index (χ4n) is 2.11. The summed E-state index contributed by atoms with van der Waals surface area (Å²) in [5.74, 6) is 0.484. The lowest BCUT2D eigenvalue weighted by Gasteiger charge is -2.25. The van der Waals surface area contributed by atoms with Gasteiger partial charge in [-0.1, -0.05) is 0 Å². The van der Waals surface area contributed by atoms with Crippen molar-refractivity contribution in [1.82, 2.24) is 14.9 Å². The summed E-state index contributed by atoms with van der Waals surface area (Å²) in [6.45, 7) is 6.15. The second-order valence-electron chi connectivity index (χ2n) is 5.29. The van der Waals surface area contributed by atoms with E-state index in [1.54, 1.807) is 4.90 Å². The first-order valence-electron chi connectivity index (χ1n) is 7.35. The summed E-state index contributed by atoms with van der Waals surface area (Å²) in [4.78, 5) is 31.2. The molecule has 9 nitrogen and oxygen atoms in total. The van der Waals surface area contributed by atoms with Crippen LogP contribution in [-0.2, 0) is 4.79 Å². The summed E-state index contributed by atoms with van der Waals surface area (Å²) in [6, 6.07) is 2.77. The lowest BCUT2D eigenvalue weighted by atomic mass is 10.3. The van der Waals surface area contributed by atoms with Gasteiger partial charge in [0.1, 0.15) is 11.5 Å². The van der Waals surface area contributed by atoms with Crippen molar-refractivity contribution in [3.05, 3.63) is 34.6 Å². The monoisotopic (exact) mass is 334 g/mol. The molecule has 128 valence electrons. The minimum Gasteiger partial charge on any atom is -0.489 e. The van der Waals surface area contributed by atoms with Gasteiger partial charge >= 0.3 is 5.88 Å². The molecule has 0 atom stereocenters. The maximum atomic E-state index is 11.5. The van der Waals surface area contributed by atoms with Gasteiger partial charge in [0.05, 0.1) is 25.0 Å². The molecule has 0 saturated carbocycles. The van der Waals surface area contributed by atoms with Crippen molar-refractivity contribution in [1.29, 1.82) is 0 Å². The molecule has 2 aromatic heterocycles. The molecule has 0 N–H and O–H groups in total. The molecule has 0 fully saturated rings. The molecule has 0 radical (unpaired) electrons. The number of rotatable bonds is 7. The van der Waals surface area contributed by atoms with Gasteiger partial charge in [-0.2, -0.15) is 0 Å². The summed E-state index contributed by atoms with van der Waals surface area (Å²) < 4.78 is 10.5. The Morgan fingerprint density at radius 3 is 2.54 bits per heavy atom. The number of hydrogen-bond acceptors (Lipinski definition) is 7. The van der Waals surface area contributed by atoms with Crippen LogP contribution in [0.2, 0.25) is 0 Å². The SMILES string of the molecule is CC(=O)N(CCOc1cnc(-c2ccc([N+](=O)[O-])o2)nc1)C(C)C. The molecule has 0 saturated heterocycles. The zero-order valence-corrected chi connectivity index (χ0v) is 13.6. The van der Waals surface area contributed by atoms with Crippen molar-refractivity contribution < 1.29 is 18.9 Å². The van der Waals surface area contributed by atoms with Gasteiger partial charge in [-0.25, -0.2) is 9.97 Å². The Hall–Kier alpha value is -2.97. The first kappa shape index (κ1) is 17.4. The predicted molar refractivity (Wildman–Crippen MR) is 84.4 cm³/mol. The smallest absolute Gasteiger partial charge is 0.433 e. The number of ether oxygens (including phenoxy) is 1. The number of nitro groups is 1. The second-order valence-corrected chi connectivity index (χ2v) is 5.29. The molecule has 0 aliphatic heterocycles. The van der Waals surface area contributed by atoms with Crippen molar-refractivity contribution in [3.63, 3.8) is 0 Å². The van der Waals surface area contributed by atoms with Crippen LogP contribution in [0.1, 0.15) is 20.8 Å². The van der Waals surface area contributed by atoms with E-state index in [-0.39, 0.29) is 29.4 Å². The van der Waals surface area contributed by atoms with Crippen molar-refractivity contribution in [2.45, 2.75) is 26.8 Å². The number of nitrogens with zero attached hydrogens (tertiary/aromatic N) is 4. The van der Waals surface area contributed by atoms with Crippen molar-refractivity contribution in [2.75, 3.05) is 13.2 Å². The highest BCUT2D eigenvalue weighted by Gasteiger charge is 2.15. The van der Waals surface area contributed by atoms with Crippen LogP contribution in [0.15, 0.2) is 28.9 Å². The van der Waals surface area contributed by atoms with Crippen LogP contribution in [0.4, 0.5) is 5.88 Å². The molecule has 2 heterocycles. The van der Waals surface area contributed by atoms with Crippen LogP contribution >= 0.6 is 0 Å². The first-order valence-corrected chi connectivity index (χ1v) is 7.35. The highest BCUT2D eigenvalue weighted by molar-refractivity contribution is 5.73.